The summed E-state index contributed by atoms with van der Waals surface area (Å²) in [4.78, 5) is 0. The lowest BCUT2D eigenvalue weighted by molar-refractivity contribution is 0.144. The molecule has 3 rings (SSSR count). The molecule has 0 heterocycles. The van der Waals surface area contributed by atoms with Gasteiger partial charge in [-0.25, -0.2) is 0 Å². The standard InChI is InChI=1S/C21H28O2Si/c1-21(2,3)24(19-10-6-4-7-11-19,20-12-8-5-9-13-20)23-18-15-14-17(22)16-18/h4-13,17-18,22H,14-16H2,1-3H3/t17-,18+/m1/s1. The summed E-state index contributed by atoms with van der Waals surface area (Å²) in [6, 6.07) is 21.4. The normalized spacial score (nSPS) is 21.8. The number of hydrogen-bond acceptors (Lipinski definition) is 2. The van der Waals surface area contributed by atoms with E-state index >= 15 is 0 Å². The van der Waals surface area contributed by atoms with E-state index in [4.69, 9.17) is 4.43 Å². The fraction of sp³-hybridized carbons (Fsp3) is 0.429. The summed E-state index contributed by atoms with van der Waals surface area (Å²) in [5.74, 6) is 0. The van der Waals surface area contributed by atoms with Crippen molar-refractivity contribution in [2.75, 3.05) is 0 Å². The fourth-order valence-corrected chi connectivity index (χ4v) is 8.69. The summed E-state index contributed by atoms with van der Waals surface area (Å²) in [7, 11) is -2.46. The quantitative estimate of drug-likeness (QED) is 0.864. The lowest BCUT2D eigenvalue weighted by Gasteiger charge is -2.44. The minimum atomic E-state index is -2.46. The van der Waals surface area contributed by atoms with Crippen LogP contribution in [0.25, 0.3) is 0 Å². The molecule has 0 amide bonds. The Morgan fingerprint density at radius 3 is 1.75 bits per heavy atom. The molecule has 0 aliphatic heterocycles. The van der Waals surface area contributed by atoms with Crippen LogP contribution in [0, 0.1) is 0 Å². The third kappa shape index (κ3) is 3.21. The molecule has 2 nitrogen and oxygen atoms in total. The van der Waals surface area contributed by atoms with Crippen LogP contribution in [0.2, 0.25) is 5.04 Å². The fourth-order valence-electron chi connectivity index (χ4n) is 3.97. The van der Waals surface area contributed by atoms with Crippen LogP contribution in [-0.4, -0.2) is 25.6 Å². The maximum Gasteiger partial charge on any atom is 0.261 e. The number of hydrogen-bond donors (Lipinski definition) is 1. The molecule has 0 saturated heterocycles. The first kappa shape index (κ1) is 17.4. The van der Waals surface area contributed by atoms with E-state index in [9.17, 15) is 5.11 Å². The van der Waals surface area contributed by atoms with Crippen LogP contribution in [0.5, 0.6) is 0 Å². The van der Waals surface area contributed by atoms with Crippen LogP contribution in [0.1, 0.15) is 40.0 Å². The van der Waals surface area contributed by atoms with Crippen molar-refractivity contribution >= 4 is 18.7 Å². The SMILES string of the molecule is CC(C)(C)[Si](O[C@H]1CC[C@@H](O)C1)(c1ccccc1)c1ccccc1. The maximum absolute atomic E-state index is 9.98. The van der Waals surface area contributed by atoms with Gasteiger partial charge in [-0.1, -0.05) is 81.4 Å². The van der Waals surface area contributed by atoms with Gasteiger partial charge in [0.2, 0.25) is 0 Å². The van der Waals surface area contributed by atoms with E-state index in [2.05, 4.69) is 81.4 Å². The van der Waals surface area contributed by atoms with Gasteiger partial charge < -0.3 is 9.53 Å². The molecule has 128 valence electrons. The first-order valence-corrected chi connectivity index (χ1v) is 10.8. The number of aliphatic hydroxyl groups excluding tert-OH is 1. The second-order valence-corrected chi connectivity index (χ2v) is 12.1. The molecular weight excluding hydrogens is 312 g/mol. The highest BCUT2D eigenvalue weighted by molar-refractivity contribution is 6.99. The van der Waals surface area contributed by atoms with Gasteiger partial charge >= 0.3 is 0 Å². The monoisotopic (exact) mass is 340 g/mol. The van der Waals surface area contributed by atoms with Gasteiger partial charge in [-0.15, -0.1) is 0 Å². The van der Waals surface area contributed by atoms with Crippen molar-refractivity contribution in [2.45, 2.75) is 57.3 Å². The number of rotatable bonds is 4. The molecular formula is C21H28O2Si. The van der Waals surface area contributed by atoms with Gasteiger partial charge in [-0.3, -0.25) is 0 Å². The third-order valence-corrected chi connectivity index (χ3v) is 10.2. The highest BCUT2D eigenvalue weighted by Crippen LogP contribution is 2.39. The topological polar surface area (TPSA) is 29.5 Å². The Morgan fingerprint density at radius 1 is 0.875 bits per heavy atom. The molecule has 1 N–H and O–H groups in total. The van der Waals surface area contributed by atoms with Gasteiger partial charge in [0.1, 0.15) is 0 Å². The van der Waals surface area contributed by atoms with Crippen molar-refractivity contribution in [1.82, 2.24) is 0 Å². The van der Waals surface area contributed by atoms with Gasteiger partial charge in [-0.05, 0) is 34.7 Å². The second kappa shape index (κ2) is 6.83. The van der Waals surface area contributed by atoms with Crippen molar-refractivity contribution in [1.29, 1.82) is 0 Å². The Balaban J connectivity index is 2.14. The average Bonchev–Trinajstić information content (AvgIpc) is 2.98. The Morgan fingerprint density at radius 2 is 1.38 bits per heavy atom. The molecule has 2 atom stereocenters. The average molecular weight is 341 g/mol. The molecule has 3 heteroatoms. The van der Waals surface area contributed by atoms with Crippen LogP contribution in [-0.2, 0) is 4.43 Å². The van der Waals surface area contributed by atoms with Crippen molar-refractivity contribution < 1.29 is 9.53 Å². The first-order chi connectivity index (χ1) is 11.4. The summed E-state index contributed by atoms with van der Waals surface area (Å²) in [6.45, 7) is 6.89. The van der Waals surface area contributed by atoms with E-state index in [0.717, 1.165) is 19.3 Å². The second-order valence-electron chi connectivity index (χ2n) is 7.87. The summed E-state index contributed by atoms with van der Waals surface area (Å²) in [5.41, 5.74) is 0. The molecule has 1 fully saturated rings. The van der Waals surface area contributed by atoms with Crippen molar-refractivity contribution in [3.63, 3.8) is 0 Å². The third-order valence-electron chi connectivity index (χ3n) is 5.12. The predicted molar refractivity (Wildman–Crippen MR) is 102 cm³/mol. The summed E-state index contributed by atoms with van der Waals surface area (Å²) in [6.07, 6.45) is 2.48. The molecule has 0 aromatic heterocycles. The highest BCUT2D eigenvalue weighted by atomic mass is 28.4. The van der Waals surface area contributed by atoms with Crippen molar-refractivity contribution in [3.05, 3.63) is 60.7 Å². The zero-order valence-corrected chi connectivity index (χ0v) is 15.9. The molecule has 0 unspecified atom stereocenters. The lowest BCUT2D eigenvalue weighted by atomic mass is 10.2. The minimum absolute atomic E-state index is 0.00322. The summed E-state index contributed by atoms with van der Waals surface area (Å²) >= 11 is 0. The predicted octanol–water partition coefficient (Wildman–Crippen LogP) is 3.48. The van der Waals surface area contributed by atoms with E-state index in [0.29, 0.717) is 0 Å². The van der Waals surface area contributed by atoms with Crippen LogP contribution in [0.4, 0.5) is 0 Å². The first-order valence-electron chi connectivity index (χ1n) is 8.90. The van der Waals surface area contributed by atoms with Crippen molar-refractivity contribution in [3.8, 4) is 0 Å². The zero-order chi connectivity index (χ0) is 17.2. The molecule has 2 aromatic rings. The van der Waals surface area contributed by atoms with E-state index in [1.807, 2.05) is 0 Å². The van der Waals surface area contributed by atoms with Crippen LogP contribution < -0.4 is 10.4 Å². The molecule has 1 saturated carbocycles. The van der Waals surface area contributed by atoms with Crippen LogP contribution in [0.15, 0.2) is 60.7 Å². The molecule has 1 aliphatic carbocycles. The minimum Gasteiger partial charge on any atom is -0.404 e. The molecule has 1 aliphatic rings. The molecule has 0 bridgehead atoms. The Kier molecular flexibility index (Phi) is 4.95. The van der Waals surface area contributed by atoms with Crippen LogP contribution >= 0.6 is 0 Å². The van der Waals surface area contributed by atoms with Gasteiger partial charge in [-0.2, -0.15) is 0 Å². The summed E-state index contributed by atoms with van der Waals surface area (Å²) in [5, 5.41) is 12.6. The lowest BCUT2D eigenvalue weighted by Crippen LogP contribution is -2.67. The van der Waals surface area contributed by atoms with Crippen molar-refractivity contribution in [2.24, 2.45) is 0 Å². The van der Waals surface area contributed by atoms with Gasteiger partial charge in [0, 0.05) is 6.10 Å². The summed E-state index contributed by atoms with van der Waals surface area (Å²) < 4.78 is 6.98. The maximum atomic E-state index is 9.98. The van der Waals surface area contributed by atoms with E-state index < -0.39 is 8.32 Å². The van der Waals surface area contributed by atoms with Crippen LogP contribution in [0.3, 0.4) is 0 Å². The zero-order valence-electron chi connectivity index (χ0n) is 14.9. The Labute approximate surface area is 146 Å². The van der Waals surface area contributed by atoms with Gasteiger partial charge in [0.05, 0.1) is 6.10 Å². The van der Waals surface area contributed by atoms with E-state index in [-0.39, 0.29) is 17.2 Å². The number of benzene rings is 2. The molecule has 24 heavy (non-hydrogen) atoms. The van der Waals surface area contributed by atoms with Gasteiger partial charge in [0.15, 0.2) is 0 Å². The smallest absolute Gasteiger partial charge is 0.261 e. The largest absolute Gasteiger partial charge is 0.404 e. The molecule has 0 spiro atoms. The Bertz CT molecular complexity index is 609. The molecule has 0 radical (unpaired) electrons. The van der Waals surface area contributed by atoms with Gasteiger partial charge in [0.25, 0.3) is 8.32 Å². The number of aliphatic hydroxyl groups is 1. The van der Waals surface area contributed by atoms with E-state index in [1.54, 1.807) is 0 Å². The van der Waals surface area contributed by atoms with E-state index in [1.165, 1.54) is 10.4 Å². The Hall–Kier alpha value is -1.42. The highest BCUT2D eigenvalue weighted by Gasteiger charge is 2.51. The molecule has 2 aromatic carbocycles.